The van der Waals surface area contributed by atoms with Crippen molar-refractivity contribution < 1.29 is 13.6 Å². The fraction of sp³-hybridized carbons (Fsp3) is 0.458. The summed E-state index contributed by atoms with van der Waals surface area (Å²) >= 11 is 0. The number of likely N-dealkylation sites (tertiary alicyclic amines) is 2. The second-order valence-electron chi connectivity index (χ2n) is 8.46. The topological polar surface area (TPSA) is 35.6 Å². The lowest BCUT2D eigenvalue weighted by Gasteiger charge is -2.38. The summed E-state index contributed by atoms with van der Waals surface area (Å²) in [7, 11) is 0. The van der Waals surface area contributed by atoms with E-state index in [4.69, 9.17) is 0 Å². The maximum absolute atomic E-state index is 13.4. The molecule has 2 aliphatic rings. The second kappa shape index (κ2) is 9.67. The number of nitrogens with zero attached hydrogens (tertiary/aromatic N) is 2. The molecule has 4 rings (SSSR count). The summed E-state index contributed by atoms with van der Waals surface area (Å²) in [5.41, 5.74) is 1.65. The van der Waals surface area contributed by atoms with E-state index in [1.165, 1.54) is 11.6 Å². The van der Waals surface area contributed by atoms with Crippen LogP contribution in [0, 0.1) is 17.6 Å². The molecule has 2 aliphatic heterocycles. The standard InChI is InChI=1S/C24H29F2N3O/c25-21-9-8-20(15-22(21)26)27-24(30)17-29-12-4-7-23(29)19-10-13-28(14-11-19)16-18-5-2-1-3-6-18/h1-3,5-6,8-9,15,19,23H,4,7,10-14,16-17H2,(H,27,30)/t23-/m0/s1. The molecular formula is C24H29F2N3O. The minimum absolute atomic E-state index is 0.172. The maximum atomic E-state index is 13.4. The van der Waals surface area contributed by atoms with Crippen molar-refractivity contribution in [3.63, 3.8) is 0 Å². The Kier molecular flexibility index (Phi) is 6.75. The van der Waals surface area contributed by atoms with Gasteiger partial charge in [0.2, 0.25) is 5.91 Å². The van der Waals surface area contributed by atoms with E-state index in [1.54, 1.807) is 0 Å². The number of halogens is 2. The first-order valence-electron chi connectivity index (χ1n) is 10.8. The first-order chi connectivity index (χ1) is 14.6. The number of amides is 1. The highest BCUT2D eigenvalue weighted by molar-refractivity contribution is 5.92. The summed E-state index contributed by atoms with van der Waals surface area (Å²) in [4.78, 5) is 17.3. The third-order valence-corrected chi connectivity index (χ3v) is 6.39. The van der Waals surface area contributed by atoms with Gasteiger partial charge in [-0.1, -0.05) is 30.3 Å². The molecule has 0 unspecified atom stereocenters. The third-order valence-electron chi connectivity index (χ3n) is 6.39. The van der Waals surface area contributed by atoms with Crippen LogP contribution in [0.2, 0.25) is 0 Å². The number of hydrogen-bond donors (Lipinski definition) is 1. The molecule has 0 spiro atoms. The van der Waals surface area contributed by atoms with E-state index in [0.29, 0.717) is 24.2 Å². The summed E-state index contributed by atoms with van der Waals surface area (Å²) in [6.45, 7) is 4.39. The Morgan fingerprint density at radius 2 is 1.73 bits per heavy atom. The van der Waals surface area contributed by atoms with Crippen molar-refractivity contribution >= 4 is 11.6 Å². The Morgan fingerprint density at radius 3 is 2.47 bits per heavy atom. The van der Waals surface area contributed by atoms with Crippen molar-refractivity contribution in [3.05, 3.63) is 65.7 Å². The Hall–Kier alpha value is -2.31. The number of piperidine rings is 1. The van der Waals surface area contributed by atoms with Crippen LogP contribution in [0.5, 0.6) is 0 Å². The van der Waals surface area contributed by atoms with E-state index in [1.807, 2.05) is 6.07 Å². The summed E-state index contributed by atoms with van der Waals surface area (Å²) in [6.07, 6.45) is 4.53. The molecule has 160 valence electrons. The predicted octanol–water partition coefficient (Wildman–Crippen LogP) is 4.28. The van der Waals surface area contributed by atoms with Crippen LogP contribution in [0.1, 0.15) is 31.2 Å². The van der Waals surface area contributed by atoms with Gasteiger partial charge in [0.15, 0.2) is 11.6 Å². The van der Waals surface area contributed by atoms with Crippen LogP contribution in [0.15, 0.2) is 48.5 Å². The van der Waals surface area contributed by atoms with Crippen molar-refractivity contribution in [2.75, 3.05) is 31.5 Å². The van der Waals surface area contributed by atoms with Crippen LogP contribution >= 0.6 is 0 Å². The van der Waals surface area contributed by atoms with Gasteiger partial charge in [-0.15, -0.1) is 0 Å². The molecule has 1 atom stereocenters. The van der Waals surface area contributed by atoms with Gasteiger partial charge in [-0.25, -0.2) is 8.78 Å². The molecule has 6 heteroatoms. The van der Waals surface area contributed by atoms with Crippen molar-refractivity contribution in [2.24, 2.45) is 5.92 Å². The number of carbonyl (C=O) groups is 1. The monoisotopic (exact) mass is 413 g/mol. The molecule has 2 fully saturated rings. The summed E-state index contributed by atoms with van der Waals surface area (Å²) < 4.78 is 26.4. The van der Waals surface area contributed by atoms with E-state index in [0.717, 1.165) is 64.0 Å². The van der Waals surface area contributed by atoms with E-state index < -0.39 is 11.6 Å². The van der Waals surface area contributed by atoms with Gasteiger partial charge in [0, 0.05) is 24.3 Å². The lowest BCUT2D eigenvalue weighted by molar-refractivity contribution is -0.117. The zero-order valence-corrected chi connectivity index (χ0v) is 17.2. The molecule has 0 bridgehead atoms. The van der Waals surface area contributed by atoms with Gasteiger partial charge >= 0.3 is 0 Å². The van der Waals surface area contributed by atoms with Crippen molar-refractivity contribution in [1.29, 1.82) is 0 Å². The Bertz CT molecular complexity index is 853. The Labute approximate surface area is 176 Å². The van der Waals surface area contributed by atoms with Gasteiger partial charge in [-0.05, 0) is 68.9 Å². The summed E-state index contributed by atoms with van der Waals surface area (Å²) in [6, 6.07) is 14.5. The molecule has 0 aliphatic carbocycles. The molecule has 0 radical (unpaired) electrons. The second-order valence-corrected chi connectivity index (χ2v) is 8.46. The van der Waals surface area contributed by atoms with Gasteiger partial charge in [0.05, 0.1) is 6.54 Å². The molecule has 2 saturated heterocycles. The average molecular weight is 414 g/mol. The molecule has 2 aromatic carbocycles. The average Bonchev–Trinajstić information content (AvgIpc) is 3.20. The van der Waals surface area contributed by atoms with Crippen molar-refractivity contribution in [2.45, 2.75) is 38.3 Å². The van der Waals surface area contributed by atoms with Crippen LogP contribution in [-0.4, -0.2) is 47.9 Å². The first-order valence-corrected chi connectivity index (χ1v) is 10.8. The van der Waals surface area contributed by atoms with Crippen LogP contribution in [0.3, 0.4) is 0 Å². The largest absolute Gasteiger partial charge is 0.325 e. The SMILES string of the molecule is O=C(CN1CCC[C@H]1C1CCN(Cc2ccccc2)CC1)Nc1ccc(F)c(F)c1. The van der Waals surface area contributed by atoms with Gasteiger partial charge in [-0.3, -0.25) is 14.6 Å². The smallest absolute Gasteiger partial charge is 0.238 e. The van der Waals surface area contributed by atoms with Crippen molar-refractivity contribution in [3.8, 4) is 0 Å². The first kappa shape index (κ1) is 20.9. The molecular weight excluding hydrogens is 384 g/mol. The van der Waals surface area contributed by atoms with E-state index in [-0.39, 0.29) is 5.91 Å². The number of hydrogen-bond acceptors (Lipinski definition) is 3. The van der Waals surface area contributed by atoms with Gasteiger partial charge in [0.1, 0.15) is 0 Å². The number of benzene rings is 2. The summed E-state index contributed by atoms with van der Waals surface area (Å²) in [5.74, 6) is -1.43. The molecule has 0 saturated carbocycles. The fourth-order valence-electron chi connectivity index (χ4n) is 4.88. The molecule has 0 aromatic heterocycles. The Balaban J connectivity index is 1.27. The minimum Gasteiger partial charge on any atom is -0.325 e. The lowest BCUT2D eigenvalue weighted by Crippen LogP contribution is -2.44. The van der Waals surface area contributed by atoms with Crippen molar-refractivity contribution in [1.82, 2.24) is 9.80 Å². The number of anilines is 1. The normalized spacial score (nSPS) is 21.1. The van der Waals surface area contributed by atoms with Crippen LogP contribution in [0.4, 0.5) is 14.5 Å². The highest BCUT2D eigenvalue weighted by Crippen LogP contribution is 2.31. The van der Waals surface area contributed by atoms with Gasteiger partial charge in [-0.2, -0.15) is 0 Å². The Morgan fingerprint density at radius 1 is 0.967 bits per heavy atom. The van der Waals surface area contributed by atoms with E-state index in [2.05, 4.69) is 39.4 Å². The molecule has 1 N–H and O–H groups in total. The zero-order valence-electron chi connectivity index (χ0n) is 17.2. The quantitative estimate of drug-likeness (QED) is 0.768. The highest BCUT2D eigenvalue weighted by atomic mass is 19.2. The van der Waals surface area contributed by atoms with E-state index >= 15 is 0 Å². The molecule has 2 aromatic rings. The van der Waals surface area contributed by atoms with Gasteiger partial charge in [0.25, 0.3) is 0 Å². The molecule has 30 heavy (non-hydrogen) atoms. The number of nitrogens with one attached hydrogen (secondary N) is 1. The van der Waals surface area contributed by atoms with E-state index in [9.17, 15) is 13.6 Å². The molecule has 4 nitrogen and oxygen atoms in total. The van der Waals surface area contributed by atoms with Crippen LogP contribution in [0.25, 0.3) is 0 Å². The fourth-order valence-corrected chi connectivity index (χ4v) is 4.88. The maximum Gasteiger partial charge on any atom is 0.238 e. The summed E-state index contributed by atoms with van der Waals surface area (Å²) in [5, 5.41) is 2.70. The zero-order chi connectivity index (χ0) is 20.9. The predicted molar refractivity (Wildman–Crippen MR) is 114 cm³/mol. The molecule has 2 heterocycles. The third kappa shape index (κ3) is 5.24. The number of carbonyl (C=O) groups excluding carboxylic acids is 1. The molecule has 1 amide bonds. The lowest BCUT2D eigenvalue weighted by atomic mass is 9.87. The highest BCUT2D eigenvalue weighted by Gasteiger charge is 2.34. The van der Waals surface area contributed by atoms with Crippen LogP contribution in [-0.2, 0) is 11.3 Å². The number of rotatable bonds is 6. The minimum atomic E-state index is -0.950. The van der Waals surface area contributed by atoms with Crippen LogP contribution < -0.4 is 5.32 Å². The van der Waals surface area contributed by atoms with Gasteiger partial charge < -0.3 is 5.32 Å².